The summed E-state index contributed by atoms with van der Waals surface area (Å²) in [5.74, 6) is -2.24. The van der Waals surface area contributed by atoms with Crippen LogP contribution in [0.25, 0.3) is 11.1 Å². The molecule has 0 radical (unpaired) electrons. The second-order valence-electron chi connectivity index (χ2n) is 13.7. The smallest absolute Gasteiger partial charge is 0.416 e. The number of aromatic nitrogens is 1. The van der Waals surface area contributed by atoms with Crippen molar-refractivity contribution in [3.63, 3.8) is 0 Å². The first-order chi connectivity index (χ1) is 23.2. The summed E-state index contributed by atoms with van der Waals surface area (Å²) in [6.07, 6.45) is -3.60. The SMILES string of the molecule is CCOC(=O)CC(I)(NC(=O)C(CC(C)C)n1cc(CCCN(C)C)c(C(F)(F)F)cc1=O)c1cc(-c2c(C)cc(C)cc2C)cc(C)c1F. The number of pyridine rings is 1. The molecule has 7 nitrogen and oxygen atoms in total. The fourth-order valence-electron chi connectivity index (χ4n) is 6.41. The van der Waals surface area contributed by atoms with Gasteiger partial charge in [-0.25, -0.2) is 4.39 Å². The van der Waals surface area contributed by atoms with Crippen LogP contribution in [0.2, 0.25) is 0 Å². The van der Waals surface area contributed by atoms with Crippen LogP contribution < -0.4 is 10.9 Å². The summed E-state index contributed by atoms with van der Waals surface area (Å²) < 4.78 is 63.1. The quantitative estimate of drug-likeness (QED) is 0.0583. The number of amides is 1. The largest absolute Gasteiger partial charge is 0.466 e. The molecule has 50 heavy (non-hydrogen) atoms. The fourth-order valence-corrected chi connectivity index (χ4v) is 7.38. The van der Waals surface area contributed by atoms with Crippen LogP contribution in [-0.2, 0) is 30.5 Å². The second-order valence-corrected chi connectivity index (χ2v) is 15.5. The molecule has 0 bridgehead atoms. The molecule has 274 valence electrons. The number of esters is 1. The minimum Gasteiger partial charge on any atom is -0.466 e. The first kappa shape index (κ1) is 41.2. The van der Waals surface area contributed by atoms with Crippen LogP contribution in [0.3, 0.4) is 0 Å². The standard InChI is InChI=1S/C38H48F4IN3O4/c1-10-50-33(48)20-37(43,30-18-28(17-26(7)35(30)39)34-24(5)15-23(4)16-25(34)6)44-36(49)31(14-22(2)3)46-21-27(12-11-13-45(8)9)29(19-32(46)47)38(40,41)42/h15-19,21-22,31H,10-14,20H2,1-9H3,(H,44,49). The van der Waals surface area contributed by atoms with Gasteiger partial charge in [0.05, 0.1) is 18.6 Å². The van der Waals surface area contributed by atoms with Gasteiger partial charge in [-0.15, -0.1) is 0 Å². The molecule has 0 saturated heterocycles. The molecule has 1 heterocycles. The lowest BCUT2D eigenvalue weighted by molar-refractivity contribution is -0.144. The molecule has 2 unspecified atom stereocenters. The van der Waals surface area contributed by atoms with Gasteiger partial charge in [-0.3, -0.25) is 14.4 Å². The maximum atomic E-state index is 16.3. The molecule has 3 aromatic rings. The maximum absolute atomic E-state index is 16.3. The summed E-state index contributed by atoms with van der Waals surface area (Å²) in [6, 6.07) is 6.65. The van der Waals surface area contributed by atoms with Crippen LogP contribution in [0, 0.1) is 39.4 Å². The Balaban J connectivity index is 2.22. The first-order valence-corrected chi connectivity index (χ1v) is 17.8. The Hall–Kier alpha value is -3.26. The molecular formula is C38H48F4IN3O4. The molecule has 1 amide bonds. The molecular weight excluding hydrogens is 765 g/mol. The van der Waals surface area contributed by atoms with Gasteiger partial charge in [-0.2, -0.15) is 13.2 Å². The number of halogens is 5. The summed E-state index contributed by atoms with van der Waals surface area (Å²) in [5.41, 5.74) is 2.75. The summed E-state index contributed by atoms with van der Waals surface area (Å²) in [7, 11) is 3.62. The molecule has 0 fully saturated rings. The second kappa shape index (κ2) is 16.8. The Morgan fingerprint density at radius 1 is 0.980 bits per heavy atom. The zero-order chi connectivity index (χ0) is 37.7. The van der Waals surface area contributed by atoms with Crippen LogP contribution in [-0.4, -0.2) is 48.6 Å². The number of rotatable bonds is 14. The van der Waals surface area contributed by atoms with E-state index in [0.717, 1.165) is 33.0 Å². The lowest BCUT2D eigenvalue weighted by Gasteiger charge is -2.33. The summed E-state index contributed by atoms with van der Waals surface area (Å²) in [6.45, 7) is 13.3. The molecule has 12 heteroatoms. The fraction of sp³-hybridized carbons (Fsp3) is 0.500. The first-order valence-electron chi connectivity index (χ1n) is 16.7. The average molecular weight is 814 g/mol. The number of hydrogen-bond donors (Lipinski definition) is 1. The Morgan fingerprint density at radius 2 is 1.60 bits per heavy atom. The highest BCUT2D eigenvalue weighted by Crippen LogP contribution is 2.41. The summed E-state index contributed by atoms with van der Waals surface area (Å²) in [4.78, 5) is 42.6. The van der Waals surface area contributed by atoms with E-state index in [9.17, 15) is 27.6 Å². The van der Waals surface area contributed by atoms with Gasteiger partial charge in [0.2, 0.25) is 5.91 Å². The van der Waals surface area contributed by atoms with Crippen molar-refractivity contribution >= 4 is 34.5 Å². The van der Waals surface area contributed by atoms with Gasteiger partial charge in [0.25, 0.3) is 5.56 Å². The van der Waals surface area contributed by atoms with Crippen LogP contribution >= 0.6 is 22.6 Å². The van der Waals surface area contributed by atoms with E-state index < -0.39 is 51.0 Å². The highest BCUT2D eigenvalue weighted by atomic mass is 127. The highest BCUT2D eigenvalue weighted by molar-refractivity contribution is 14.1. The van der Waals surface area contributed by atoms with Crippen molar-refractivity contribution in [1.29, 1.82) is 0 Å². The number of carbonyl (C=O) groups excluding carboxylic acids is 2. The van der Waals surface area contributed by atoms with E-state index in [1.807, 2.05) is 88.3 Å². The molecule has 1 aromatic heterocycles. The summed E-state index contributed by atoms with van der Waals surface area (Å²) >= 11 is 1.84. The van der Waals surface area contributed by atoms with E-state index in [-0.39, 0.29) is 42.1 Å². The highest BCUT2D eigenvalue weighted by Gasteiger charge is 2.41. The third-order valence-electron chi connectivity index (χ3n) is 8.51. The minimum atomic E-state index is -4.77. The van der Waals surface area contributed by atoms with Crippen molar-refractivity contribution in [1.82, 2.24) is 14.8 Å². The Kier molecular flexibility index (Phi) is 13.9. The molecule has 0 spiro atoms. The monoisotopic (exact) mass is 813 g/mol. The Labute approximate surface area is 305 Å². The van der Waals surface area contributed by atoms with Gasteiger partial charge in [-0.05, 0) is 149 Å². The molecule has 3 rings (SSSR count). The number of aryl methyl sites for hydroxylation is 5. The van der Waals surface area contributed by atoms with Crippen LogP contribution in [0.15, 0.2) is 41.3 Å². The lowest BCUT2D eigenvalue weighted by atomic mass is 9.89. The average Bonchev–Trinajstić information content (AvgIpc) is 2.96. The third kappa shape index (κ3) is 10.2. The van der Waals surface area contributed by atoms with E-state index in [1.165, 1.54) is 0 Å². The zero-order valence-electron chi connectivity index (χ0n) is 30.3. The van der Waals surface area contributed by atoms with Crippen molar-refractivity contribution in [3.05, 3.63) is 91.6 Å². The molecule has 0 saturated carbocycles. The van der Waals surface area contributed by atoms with Crippen molar-refractivity contribution in [2.45, 2.75) is 89.9 Å². The van der Waals surface area contributed by atoms with Gasteiger partial charge in [-0.1, -0.05) is 31.5 Å². The van der Waals surface area contributed by atoms with Crippen molar-refractivity contribution in [3.8, 4) is 11.1 Å². The van der Waals surface area contributed by atoms with Crippen LogP contribution in [0.4, 0.5) is 17.6 Å². The van der Waals surface area contributed by atoms with E-state index in [2.05, 4.69) is 5.32 Å². The molecule has 1 N–H and O–H groups in total. The predicted molar refractivity (Wildman–Crippen MR) is 197 cm³/mol. The number of alkyl halides is 4. The normalized spacial score (nSPS) is 13.8. The topological polar surface area (TPSA) is 80.6 Å². The van der Waals surface area contributed by atoms with Gasteiger partial charge in [0.1, 0.15) is 15.4 Å². The number of nitrogens with one attached hydrogen (secondary N) is 1. The number of ether oxygens (including phenoxy) is 1. The van der Waals surface area contributed by atoms with E-state index >= 15 is 4.39 Å². The predicted octanol–water partition coefficient (Wildman–Crippen LogP) is 8.35. The van der Waals surface area contributed by atoms with Gasteiger partial charge in [0, 0.05) is 17.8 Å². The molecule has 0 aliphatic carbocycles. The van der Waals surface area contributed by atoms with E-state index in [0.29, 0.717) is 24.6 Å². The van der Waals surface area contributed by atoms with Crippen LogP contribution in [0.5, 0.6) is 0 Å². The number of benzene rings is 2. The number of hydrogen-bond acceptors (Lipinski definition) is 5. The maximum Gasteiger partial charge on any atom is 0.416 e. The number of carbonyl (C=O) groups is 2. The number of nitrogens with zero attached hydrogens (tertiary/aromatic N) is 2. The Bertz CT molecular complexity index is 1750. The van der Waals surface area contributed by atoms with Gasteiger partial charge in [0.15, 0.2) is 0 Å². The van der Waals surface area contributed by atoms with Crippen molar-refractivity contribution < 1.29 is 31.9 Å². The zero-order valence-corrected chi connectivity index (χ0v) is 32.4. The summed E-state index contributed by atoms with van der Waals surface area (Å²) in [5, 5.41) is 2.86. The molecule has 0 aliphatic heterocycles. The van der Waals surface area contributed by atoms with Crippen LogP contribution in [0.1, 0.15) is 85.0 Å². The molecule has 2 aromatic carbocycles. The van der Waals surface area contributed by atoms with Crippen molar-refractivity contribution in [2.75, 3.05) is 27.2 Å². The Morgan fingerprint density at radius 3 is 2.14 bits per heavy atom. The third-order valence-corrected chi connectivity index (χ3v) is 9.75. The molecule has 0 aliphatic rings. The van der Waals surface area contributed by atoms with E-state index in [4.69, 9.17) is 4.74 Å². The minimum absolute atomic E-state index is 0.0253. The van der Waals surface area contributed by atoms with E-state index in [1.54, 1.807) is 26.0 Å². The molecule has 2 atom stereocenters. The van der Waals surface area contributed by atoms with Crippen molar-refractivity contribution in [2.24, 2.45) is 5.92 Å². The lowest BCUT2D eigenvalue weighted by Crippen LogP contribution is -2.48. The van der Waals surface area contributed by atoms with Gasteiger partial charge >= 0.3 is 12.1 Å². The van der Waals surface area contributed by atoms with Gasteiger partial charge < -0.3 is 19.5 Å².